The lowest BCUT2D eigenvalue weighted by Gasteiger charge is -2.13. The molecule has 0 heterocycles. The minimum atomic E-state index is -0.683. The number of benzene rings is 2. The Labute approximate surface area is 118 Å². The summed E-state index contributed by atoms with van der Waals surface area (Å²) in [7, 11) is 0. The third kappa shape index (κ3) is 3.17. The smallest absolute Gasteiger partial charge is 0.165 e. The fraction of sp³-hybridized carbons (Fsp3) is 0.294. The van der Waals surface area contributed by atoms with Gasteiger partial charge in [0, 0.05) is 0 Å². The summed E-state index contributed by atoms with van der Waals surface area (Å²) >= 11 is 0. The summed E-state index contributed by atoms with van der Waals surface area (Å²) in [5.41, 5.74) is 3.88. The Morgan fingerprint density at radius 2 is 1.80 bits per heavy atom. The normalized spacial score (nSPS) is 12.2. The van der Waals surface area contributed by atoms with Gasteiger partial charge in [0.25, 0.3) is 0 Å². The minimum Gasteiger partial charge on any atom is -0.486 e. The van der Waals surface area contributed by atoms with E-state index in [-0.39, 0.29) is 5.75 Å². The molecule has 0 saturated heterocycles. The molecule has 3 heteroatoms. The van der Waals surface area contributed by atoms with Gasteiger partial charge in [0.1, 0.15) is 6.61 Å². The van der Waals surface area contributed by atoms with E-state index in [1.807, 2.05) is 32.0 Å². The molecule has 106 valence electrons. The molecule has 0 bridgehead atoms. The third-order valence-electron chi connectivity index (χ3n) is 3.45. The molecule has 0 saturated carbocycles. The Hall–Kier alpha value is -1.87. The van der Waals surface area contributed by atoms with E-state index in [9.17, 15) is 9.50 Å². The van der Waals surface area contributed by atoms with Crippen LogP contribution in [0.2, 0.25) is 0 Å². The average molecular weight is 274 g/mol. The van der Waals surface area contributed by atoms with E-state index >= 15 is 0 Å². The number of aryl methyl sites for hydroxylation is 2. The number of halogens is 1. The third-order valence-corrected chi connectivity index (χ3v) is 3.45. The molecule has 0 aliphatic rings. The van der Waals surface area contributed by atoms with Crippen molar-refractivity contribution in [1.29, 1.82) is 0 Å². The number of hydrogen-bond donors (Lipinski definition) is 1. The van der Waals surface area contributed by atoms with Crippen molar-refractivity contribution in [3.05, 3.63) is 64.5 Å². The maximum atomic E-state index is 13.9. The SMILES string of the molecule is Cc1cccc(C)c1COc1ccc([C@@H](C)O)cc1F. The standard InChI is InChI=1S/C17H19FO2/c1-11-5-4-6-12(2)15(11)10-20-17-8-7-14(13(3)19)9-16(17)18/h4-9,13,19H,10H2,1-3H3/t13-/m1/s1. The quantitative estimate of drug-likeness (QED) is 0.910. The van der Waals surface area contributed by atoms with Crippen LogP contribution in [0.25, 0.3) is 0 Å². The maximum absolute atomic E-state index is 13.9. The molecular weight excluding hydrogens is 255 g/mol. The van der Waals surface area contributed by atoms with Crippen molar-refractivity contribution < 1.29 is 14.2 Å². The second-order valence-corrected chi connectivity index (χ2v) is 5.02. The zero-order chi connectivity index (χ0) is 14.7. The molecule has 2 aromatic carbocycles. The highest BCUT2D eigenvalue weighted by atomic mass is 19.1. The van der Waals surface area contributed by atoms with Crippen molar-refractivity contribution in [3.63, 3.8) is 0 Å². The van der Waals surface area contributed by atoms with Crippen molar-refractivity contribution in [3.8, 4) is 5.75 Å². The molecule has 0 unspecified atom stereocenters. The van der Waals surface area contributed by atoms with E-state index in [0.29, 0.717) is 12.2 Å². The van der Waals surface area contributed by atoms with Crippen LogP contribution in [0.4, 0.5) is 4.39 Å². The van der Waals surface area contributed by atoms with Gasteiger partial charge in [0.15, 0.2) is 11.6 Å². The first kappa shape index (κ1) is 14.5. The fourth-order valence-corrected chi connectivity index (χ4v) is 2.12. The highest BCUT2D eigenvalue weighted by Crippen LogP contribution is 2.24. The molecule has 0 aliphatic heterocycles. The lowest BCUT2D eigenvalue weighted by molar-refractivity contribution is 0.198. The first-order valence-corrected chi connectivity index (χ1v) is 6.64. The molecule has 0 radical (unpaired) electrons. The molecular formula is C17H19FO2. The van der Waals surface area contributed by atoms with Crippen LogP contribution in [0.15, 0.2) is 36.4 Å². The van der Waals surface area contributed by atoms with Gasteiger partial charge in [0.05, 0.1) is 6.10 Å². The summed E-state index contributed by atoms with van der Waals surface area (Å²) in [6, 6.07) is 10.6. The monoisotopic (exact) mass is 274 g/mol. The zero-order valence-corrected chi connectivity index (χ0v) is 12.0. The minimum absolute atomic E-state index is 0.206. The largest absolute Gasteiger partial charge is 0.486 e. The fourth-order valence-electron chi connectivity index (χ4n) is 2.12. The van der Waals surface area contributed by atoms with Crippen molar-refractivity contribution in [2.45, 2.75) is 33.5 Å². The first-order valence-electron chi connectivity index (χ1n) is 6.64. The topological polar surface area (TPSA) is 29.5 Å². The Morgan fingerprint density at radius 3 is 2.35 bits per heavy atom. The molecule has 2 nitrogen and oxygen atoms in total. The molecule has 0 fully saturated rings. The van der Waals surface area contributed by atoms with Crippen LogP contribution in [0, 0.1) is 19.7 Å². The average Bonchev–Trinajstić information content (AvgIpc) is 2.39. The molecule has 2 aromatic rings. The Morgan fingerprint density at radius 1 is 1.15 bits per heavy atom. The Balaban J connectivity index is 2.15. The molecule has 1 atom stereocenters. The lowest BCUT2D eigenvalue weighted by atomic mass is 10.0. The van der Waals surface area contributed by atoms with E-state index in [0.717, 1.165) is 16.7 Å². The first-order chi connectivity index (χ1) is 9.49. The summed E-state index contributed by atoms with van der Waals surface area (Å²) in [4.78, 5) is 0. The lowest BCUT2D eigenvalue weighted by Crippen LogP contribution is -2.02. The van der Waals surface area contributed by atoms with Gasteiger partial charge >= 0.3 is 0 Å². The van der Waals surface area contributed by atoms with Crippen LogP contribution in [-0.4, -0.2) is 5.11 Å². The van der Waals surface area contributed by atoms with Crippen LogP contribution < -0.4 is 4.74 Å². The van der Waals surface area contributed by atoms with Gasteiger partial charge in [0.2, 0.25) is 0 Å². The number of aliphatic hydroxyl groups is 1. The van der Waals surface area contributed by atoms with Crippen molar-refractivity contribution >= 4 is 0 Å². The number of ether oxygens (including phenoxy) is 1. The molecule has 0 aliphatic carbocycles. The second kappa shape index (κ2) is 6.06. The summed E-state index contributed by atoms with van der Waals surface area (Å²) in [5.74, 6) is -0.244. The van der Waals surface area contributed by atoms with Crippen molar-refractivity contribution in [1.82, 2.24) is 0 Å². The van der Waals surface area contributed by atoms with Crippen LogP contribution in [-0.2, 0) is 6.61 Å². The van der Waals surface area contributed by atoms with Gasteiger partial charge in [-0.15, -0.1) is 0 Å². The Bertz CT molecular complexity index is 586. The highest BCUT2D eigenvalue weighted by molar-refractivity contribution is 5.34. The van der Waals surface area contributed by atoms with Gasteiger partial charge < -0.3 is 9.84 Å². The Kier molecular flexibility index (Phi) is 4.40. The summed E-state index contributed by atoms with van der Waals surface area (Å²) in [6.45, 7) is 5.96. The predicted octanol–water partition coefficient (Wildman–Crippen LogP) is 4.07. The van der Waals surface area contributed by atoms with E-state index in [1.165, 1.54) is 6.07 Å². The molecule has 2 rings (SSSR count). The van der Waals surface area contributed by atoms with Crippen LogP contribution in [0.3, 0.4) is 0 Å². The van der Waals surface area contributed by atoms with E-state index in [1.54, 1.807) is 19.1 Å². The van der Waals surface area contributed by atoms with Crippen LogP contribution in [0.5, 0.6) is 5.75 Å². The summed E-state index contributed by atoms with van der Waals surface area (Å²) in [5, 5.41) is 9.41. The molecule has 1 N–H and O–H groups in total. The summed E-state index contributed by atoms with van der Waals surface area (Å²) in [6.07, 6.45) is -0.683. The van der Waals surface area contributed by atoms with Gasteiger partial charge in [-0.05, 0) is 55.2 Å². The van der Waals surface area contributed by atoms with Crippen LogP contribution >= 0.6 is 0 Å². The predicted molar refractivity (Wildman–Crippen MR) is 77.3 cm³/mol. The van der Waals surface area contributed by atoms with Gasteiger partial charge in [-0.1, -0.05) is 24.3 Å². The van der Waals surface area contributed by atoms with Gasteiger partial charge in [-0.25, -0.2) is 4.39 Å². The van der Waals surface area contributed by atoms with Gasteiger partial charge in [-0.2, -0.15) is 0 Å². The van der Waals surface area contributed by atoms with E-state index in [4.69, 9.17) is 4.74 Å². The molecule has 0 spiro atoms. The summed E-state index contributed by atoms with van der Waals surface area (Å²) < 4.78 is 19.4. The zero-order valence-electron chi connectivity index (χ0n) is 12.0. The maximum Gasteiger partial charge on any atom is 0.165 e. The van der Waals surface area contributed by atoms with E-state index < -0.39 is 11.9 Å². The number of rotatable bonds is 4. The molecule has 0 amide bonds. The highest BCUT2D eigenvalue weighted by Gasteiger charge is 2.09. The number of aliphatic hydroxyl groups excluding tert-OH is 1. The second-order valence-electron chi connectivity index (χ2n) is 5.02. The van der Waals surface area contributed by atoms with Crippen molar-refractivity contribution in [2.24, 2.45) is 0 Å². The van der Waals surface area contributed by atoms with Crippen molar-refractivity contribution in [2.75, 3.05) is 0 Å². The molecule has 0 aromatic heterocycles. The molecule has 20 heavy (non-hydrogen) atoms. The number of hydrogen-bond acceptors (Lipinski definition) is 2. The van der Waals surface area contributed by atoms with E-state index in [2.05, 4.69) is 0 Å². The van der Waals surface area contributed by atoms with Crippen LogP contribution in [0.1, 0.15) is 35.3 Å². The van der Waals surface area contributed by atoms with Gasteiger partial charge in [-0.3, -0.25) is 0 Å².